The predicted molar refractivity (Wildman–Crippen MR) is 69.5 cm³/mol. The van der Waals surface area contributed by atoms with Gasteiger partial charge in [-0.25, -0.2) is 0 Å². The molecule has 1 aromatic rings. The number of ketones is 1. The summed E-state index contributed by atoms with van der Waals surface area (Å²) in [5.74, 6) is 0.281. The summed E-state index contributed by atoms with van der Waals surface area (Å²) < 4.78 is 0.714. The molecule has 0 aliphatic rings. The highest BCUT2D eigenvalue weighted by Crippen LogP contribution is 2.32. The van der Waals surface area contributed by atoms with Crippen LogP contribution in [0.15, 0.2) is 12.1 Å². The fraction of sp³-hybridized carbons (Fsp3) is 0.417. The number of carbonyl (C=O) groups is 1. The Balaban J connectivity index is 3.49. The predicted octanol–water partition coefficient (Wildman–Crippen LogP) is 3.50. The number of benzene rings is 1. The van der Waals surface area contributed by atoms with E-state index in [1.807, 2.05) is 43.4 Å². The molecule has 0 spiro atoms. The topological polar surface area (TPSA) is 37.3 Å². The van der Waals surface area contributed by atoms with E-state index < -0.39 is 0 Å². The fourth-order valence-corrected chi connectivity index (χ4v) is 1.94. The lowest BCUT2D eigenvalue weighted by Crippen LogP contribution is -2.16. The molecule has 0 aliphatic heterocycles. The Morgan fingerprint density at radius 1 is 1.33 bits per heavy atom. The summed E-state index contributed by atoms with van der Waals surface area (Å²) in [6, 6.07) is 3.44. The number of hydrogen-bond donors (Lipinski definition) is 1. The van der Waals surface area contributed by atoms with Gasteiger partial charge in [-0.2, -0.15) is 0 Å². The molecule has 0 atom stereocenters. The van der Waals surface area contributed by atoms with Crippen molar-refractivity contribution >= 4 is 28.4 Å². The molecule has 0 radical (unpaired) electrons. The van der Waals surface area contributed by atoms with E-state index in [0.29, 0.717) is 9.13 Å². The molecule has 0 saturated heterocycles. The second-order valence-corrected chi connectivity index (χ2v) is 5.82. The van der Waals surface area contributed by atoms with Gasteiger partial charge in [-0.15, -0.1) is 0 Å². The molecule has 2 nitrogen and oxygen atoms in total. The van der Waals surface area contributed by atoms with Crippen LogP contribution in [0.2, 0.25) is 0 Å². The molecular weight excluding hydrogens is 303 g/mol. The highest BCUT2D eigenvalue weighted by Gasteiger charge is 2.21. The fourth-order valence-electron chi connectivity index (χ4n) is 1.47. The van der Waals surface area contributed by atoms with E-state index >= 15 is 0 Å². The summed E-state index contributed by atoms with van der Waals surface area (Å²) in [6.07, 6.45) is 0. The van der Waals surface area contributed by atoms with Crippen molar-refractivity contribution in [1.29, 1.82) is 0 Å². The highest BCUT2D eigenvalue weighted by atomic mass is 127. The van der Waals surface area contributed by atoms with Gasteiger partial charge < -0.3 is 5.11 Å². The van der Waals surface area contributed by atoms with Crippen molar-refractivity contribution in [2.24, 2.45) is 0 Å². The van der Waals surface area contributed by atoms with Gasteiger partial charge in [0.15, 0.2) is 5.78 Å². The van der Waals surface area contributed by atoms with Crippen LogP contribution in [-0.2, 0) is 5.41 Å². The normalized spacial score (nSPS) is 11.5. The van der Waals surface area contributed by atoms with Crippen molar-refractivity contribution in [3.05, 3.63) is 26.8 Å². The van der Waals surface area contributed by atoms with Crippen LogP contribution in [0.3, 0.4) is 0 Å². The highest BCUT2D eigenvalue weighted by molar-refractivity contribution is 14.1. The second kappa shape index (κ2) is 4.12. The average molecular weight is 318 g/mol. The number of hydrogen-bond acceptors (Lipinski definition) is 2. The van der Waals surface area contributed by atoms with Crippen molar-refractivity contribution in [2.45, 2.75) is 33.1 Å². The maximum atomic E-state index is 11.5. The Labute approximate surface area is 104 Å². The standard InChI is InChI=1S/C12H15IO2/c1-7(14)8-5-10(13)11(15)6-9(8)12(2,3)4/h5-6,15H,1-4H3. The number of phenols is 1. The minimum Gasteiger partial charge on any atom is -0.507 e. The Kier molecular flexibility index (Phi) is 3.43. The van der Waals surface area contributed by atoms with Gasteiger partial charge >= 0.3 is 0 Å². The van der Waals surface area contributed by atoms with Crippen LogP contribution in [-0.4, -0.2) is 10.9 Å². The zero-order valence-electron chi connectivity index (χ0n) is 9.39. The van der Waals surface area contributed by atoms with Crippen LogP contribution < -0.4 is 0 Å². The Morgan fingerprint density at radius 3 is 2.27 bits per heavy atom. The SMILES string of the molecule is CC(=O)c1cc(I)c(O)cc1C(C)(C)C. The van der Waals surface area contributed by atoms with E-state index in [-0.39, 0.29) is 16.9 Å². The van der Waals surface area contributed by atoms with Crippen LogP contribution in [0, 0.1) is 3.57 Å². The number of Topliss-reactive ketones (excluding diaryl/α,β-unsaturated/α-hetero) is 1. The van der Waals surface area contributed by atoms with Gasteiger partial charge in [0.05, 0.1) is 3.57 Å². The molecule has 0 amide bonds. The molecule has 0 aromatic heterocycles. The largest absolute Gasteiger partial charge is 0.507 e. The summed E-state index contributed by atoms with van der Waals surface area (Å²) in [5.41, 5.74) is 1.46. The maximum Gasteiger partial charge on any atom is 0.160 e. The Morgan fingerprint density at radius 2 is 1.87 bits per heavy atom. The monoisotopic (exact) mass is 318 g/mol. The molecule has 0 aliphatic carbocycles. The van der Waals surface area contributed by atoms with Crippen molar-refractivity contribution in [3.63, 3.8) is 0 Å². The summed E-state index contributed by atoms with van der Waals surface area (Å²) in [4.78, 5) is 11.5. The van der Waals surface area contributed by atoms with Crippen molar-refractivity contribution in [2.75, 3.05) is 0 Å². The summed E-state index contributed by atoms with van der Waals surface area (Å²) in [5, 5.41) is 9.65. The number of aromatic hydroxyl groups is 1. The molecule has 1 aromatic carbocycles. The van der Waals surface area contributed by atoms with E-state index in [1.54, 1.807) is 19.1 Å². The number of rotatable bonds is 1. The molecule has 1 rings (SSSR count). The molecule has 0 fully saturated rings. The third-order valence-electron chi connectivity index (χ3n) is 2.27. The molecule has 0 bridgehead atoms. The van der Waals surface area contributed by atoms with Crippen LogP contribution in [0.4, 0.5) is 0 Å². The van der Waals surface area contributed by atoms with Crippen LogP contribution in [0.1, 0.15) is 43.6 Å². The van der Waals surface area contributed by atoms with Crippen LogP contribution in [0.25, 0.3) is 0 Å². The lowest BCUT2D eigenvalue weighted by atomic mass is 9.82. The molecule has 1 N–H and O–H groups in total. The zero-order valence-corrected chi connectivity index (χ0v) is 11.5. The summed E-state index contributed by atoms with van der Waals surface area (Å²) in [6.45, 7) is 7.64. The summed E-state index contributed by atoms with van der Waals surface area (Å²) in [7, 11) is 0. The van der Waals surface area contributed by atoms with Gasteiger partial charge in [0.25, 0.3) is 0 Å². The Bertz CT molecular complexity index is 403. The minimum atomic E-state index is -0.136. The van der Waals surface area contributed by atoms with Crippen molar-refractivity contribution in [1.82, 2.24) is 0 Å². The average Bonchev–Trinajstić information content (AvgIpc) is 2.06. The van der Waals surface area contributed by atoms with Crippen molar-refractivity contribution in [3.8, 4) is 5.75 Å². The van der Waals surface area contributed by atoms with Gasteiger partial charge in [-0.1, -0.05) is 20.8 Å². The van der Waals surface area contributed by atoms with E-state index in [1.165, 1.54) is 0 Å². The lowest BCUT2D eigenvalue weighted by molar-refractivity contribution is 0.101. The number of halogens is 1. The maximum absolute atomic E-state index is 11.5. The van der Waals surface area contributed by atoms with Gasteiger partial charge in [-0.05, 0) is 52.6 Å². The van der Waals surface area contributed by atoms with Crippen molar-refractivity contribution < 1.29 is 9.90 Å². The van der Waals surface area contributed by atoms with Crippen LogP contribution in [0.5, 0.6) is 5.75 Å². The van der Waals surface area contributed by atoms with Gasteiger partial charge in [0, 0.05) is 5.56 Å². The van der Waals surface area contributed by atoms with E-state index in [4.69, 9.17) is 0 Å². The molecule has 0 unspecified atom stereocenters. The number of carbonyl (C=O) groups excluding carboxylic acids is 1. The first-order valence-corrected chi connectivity index (χ1v) is 5.85. The van der Waals surface area contributed by atoms with E-state index in [9.17, 15) is 9.90 Å². The smallest absolute Gasteiger partial charge is 0.160 e. The first kappa shape index (κ1) is 12.5. The lowest BCUT2D eigenvalue weighted by Gasteiger charge is -2.22. The molecule has 82 valence electrons. The molecule has 0 saturated carbocycles. The second-order valence-electron chi connectivity index (χ2n) is 4.66. The first-order valence-electron chi connectivity index (χ1n) is 4.77. The van der Waals surface area contributed by atoms with Gasteiger partial charge in [0.1, 0.15) is 5.75 Å². The number of phenolic OH excluding ortho intramolecular Hbond substituents is 1. The van der Waals surface area contributed by atoms with E-state index in [2.05, 4.69) is 0 Å². The quantitative estimate of drug-likeness (QED) is 0.636. The molecule has 3 heteroatoms. The van der Waals surface area contributed by atoms with Crippen LogP contribution >= 0.6 is 22.6 Å². The van der Waals surface area contributed by atoms with E-state index in [0.717, 1.165) is 5.56 Å². The summed E-state index contributed by atoms with van der Waals surface area (Å²) >= 11 is 2.03. The molecule has 0 heterocycles. The minimum absolute atomic E-state index is 0.0397. The third-order valence-corrected chi connectivity index (χ3v) is 3.14. The third kappa shape index (κ3) is 2.71. The zero-order chi connectivity index (χ0) is 11.8. The van der Waals surface area contributed by atoms with Gasteiger partial charge in [-0.3, -0.25) is 4.79 Å². The first-order chi connectivity index (χ1) is 6.73. The molecular formula is C12H15IO2. The van der Waals surface area contributed by atoms with Gasteiger partial charge in [0.2, 0.25) is 0 Å². The molecule has 15 heavy (non-hydrogen) atoms. The Hall–Kier alpha value is -0.580.